The number of ether oxygens (including phenoxy) is 2. The number of para-hydroxylation sites is 2. The molecule has 2 aromatic carbocycles. The van der Waals surface area contributed by atoms with Gasteiger partial charge in [-0.25, -0.2) is 4.79 Å². The van der Waals surface area contributed by atoms with Gasteiger partial charge in [-0.15, -0.1) is 11.8 Å². The van der Waals surface area contributed by atoms with Crippen LogP contribution in [0.5, 0.6) is 11.5 Å². The maximum absolute atomic E-state index is 12.7. The summed E-state index contributed by atoms with van der Waals surface area (Å²) < 4.78 is 10.9. The standard InChI is InChI=1S/C18H20N2O3S/c1-22-15-10-6-9-14(16(15)23-2)17-20(11-12-24-17)18(21)19-13-7-4-3-5-8-13/h3-10,17H,11-12H2,1-2H3,(H,19,21). The molecule has 3 rings (SSSR count). The molecule has 1 heterocycles. The van der Waals surface area contributed by atoms with E-state index in [0.717, 1.165) is 17.0 Å². The van der Waals surface area contributed by atoms with Gasteiger partial charge in [0.15, 0.2) is 11.5 Å². The lowest BCUT2D eigenvalue weighted by atomic mass is 10.1. The second kappa shape index (κ2) is 7.49. The summed E-state index contributed by atoms with van der Waals surface area (Å²) in [6, 6.07) is 15.1. The van der Waals surface area contributed by atoms with Crippen molar-refractivity contribution in [2.45, 2.75) is 5.37 Å². The van der Waals surface area contributed by atoms with Gasteiger partial charge >= 0.3 is 6.03 Å². The van der Waals surface area contributed by atoms with Gasteiger partial charge in [0.1, 0.15) is 5.37 Å². The highest BCUT2D eigenvalue weighted by Gasteiger charge is 2.33. The van der Waals surface area contributed by atoms with E-state index in [-0.39, 0.29) is 11.4 Å². The van der Waals surface area contributed by atoms with Gasteiger partial charge in [0, 0.05) is 23.5 Å². The molecule has 0 radical (unpaired) electrons. The lowest BCUT2D eigenvalue weighted by Crippen LogP contribution is -2.34. The first-order valence-corrected chi connectivity index (χ1v) is 8.74. The number of benzene rings is 2. The smallest absolute Gasteiger partial charge is 0.323 e. The molecule has 1 fully saturated rings. The zero-order valence-electron chi connectivity index (χ0n) is 13.7. The Bertz CT molecular complexity index is 709. The first-order chi connectivity index (χ1) is 11.7. The summed E-state index contributed by atoms with van der Waals surface area (Å²) in [4.78, 5) is 14.5. The molecule has 1 N–H and O–H groups in total. The number of thioether (sulfide) groups is 1. The summed E-state index contributed by atoms with van der Waals surface area (Å²) in [5.74, 6) is 2.23. The van der Waals surface area contributed by atoms with E-state index in [0.29, 0.717) is 18.0 Å². The van der Waals surface area contributed by atoms with E-state index in [9.17, 15) is 4.79 Å². The number of anilines is 1. The Kier molecular flexibility index (Phi) is 5.15. The Hall–Kier alpha value is -2.34. The van der Waals surface area contributed by atoms with E-state index in [4.69, 9.17) is 9.47 Å². The predicted octanol–water partition coefficient (Wildman–Crippen LogP) is 3.98. The van der Waals surface area contributed by atoms with E-state index in [2.05, 4.69) is 5.32 Å². The molecule has 5 nitrogen and oxygen atoms in total. The molecule has 0 bridgehead atoms. The lowest BCUT2D eigenvalue weighted by molar-refractivity contribution is 0.213. The van der Waals surface area contributed by atoms with Crippen LogP contribution in [0.25, 0.3) is 0 Å². The average molecular weight is 344 g/mol. The second-order valence-electron chi connectivity index (χ2n) is 5.30. The van der Waals surface area contributed by atoms with Crippen molar-refractivity contribution in [3.63, 3.8) is 0 Å². The lowest BCUT2D eigenvalue weighted by Gasteiger charge is -2.26. The van der Waals surface area contributed by atoms with Crippen molar-refractivity contribution in [1.29, 1.82) is 0 Å². The number of methoxy groups -OCH3 is 2. The first-order valence-electron chi connectivity index (χ1n) is 7.69. The molecular formula is C18H20N2O3S. The maximum Gasteiger partial charge on any atom is 0.323 e. The molecular weight excluding hydrogens is 324 g/mol. The number of rotatable bonds is 4. The number of hydrogen-bond donors (Lipinski definition) is 1. The van der Waals surface area contributed by atoms with Crippen LogP contribution in [-0.2, 0) is 0 Å². The summed E-state index contributed by atoms with van der Waals surface area (Å²) in [7, 11) is 3.23. The fourth-order valence-electron chi connectivity index (χ4n) is 2.76. The van der Waals surface area contributed by atoms with Gasteiger partial charge in [-0.05, 0) is 18.2 Å². The SMILES string of the molecule is COc1cccc(C2SCCN2C(=O)Nc2ccccc2)c1OC. The van der Waals surface area contributed by atoms with Crippen molar-refractivity contribution in [3.05, 3.63) is 54.1 Å². The molecule has 0 aromatic heterocycles. The van der Waals surface area contributed by atoms with Crippen LogP contribution in [0.3, 0.4) is 0 Å². The van der Waals surface area contributed by atoms with Crippen molar-refractivity contribution in [1.82, 2.24) is 4.90 Å². The first kappa shape index (κ1) is 16.5. The fraction of sp³-hybridized carbons (Fsp3) is 0.278. The molecule has 24 heavy (non-hydrogen) atoms. The van der Waals surface area contributed by atoms with Crippen molar-refractivity contribution in [2.75, 3.05) is 31.8 Å². The van der Waals surface area contributed by atoms with Gasteiger partial charge < -0.3 is 19.7 Å². The molecule has 2 amide bonds. The number of nitrogens with zero attached hydrogens (tertiary/aromatic N) is 1. The molecule has 1 saturated heterocycles. The Morgan fingerprint density at radius 3 is 2.62 bits per heavy atom. The molecule has 1 aliphatic heterocycles. The van der Waals surface area contributed by atoms with Gasteiger partial charge in [0.05, 0.1) is 14.2 Å². The van der Waals surface area contributed by atoms with Crippen LogP contribution in [0.4, 0.5) is 10.5 Å². The van der Waals surface area contributed by atoms with Gasteiger partial charge in [0.25, 0.3) is 0 Å². The third-order valence-electron chi connectivity index (χ3n) is 3.88. The highest BCUT2D eigenvalue weighted by molar-refractivity contribution is 7.99. The zero-order valence-corrected chi connectivity index (χ0v) is 14.5. The molecule has 0 saturated carbocycles. The van der Waals surface area contributed by atoms with Crippen molar-refractivity contribution < 1.29 is 14.3 Å². The largest absolute Gasteiger partial charge is 0.493 e. The molecule has 2 aromatic rings. The second-order valence-corrected chi connectivity index (χ2v) is 6.48. The van der Waals surface area contributed by atoms with Gasteiger partial charge in [-0.2, -0.15) is 0 Å². The van der Waals surface area contributed by atoms with Gasteiger partial charge in [-0.3, -0.25) is 0 Å². The van der Waals surface area contributed by atoms with Crippen LogP contribution in [0.1, 0.15) is 10.9 Å². The van der Waals surface area contributed by atoms with Crippen molar-refractivity contribution in [2.24, 2.45) is 0 Å². The molecule has 0 aliphatic carbocycles. The van der Waals surface area contributed by atoms with Crippen LogP contribution in [0.2, 0.25) is 0 Å². The van der Waals surface area contributed by atoms with E-state index < -0.39 is 0 Å². The zero-order chi connectivity index (χ0) is 16.9. The predicted molar refractivity (Wildman–Crippen MR) is 96.9 cm³/mol. The highest BCUT2D eigenvalue weighted by Crippen LogP contribution is 2.45. The van der Waals surface area contributed by atoms with E-state index in [1.54, 1.807) is 26.0 Å². The summed E-state index contributed by atoms with van der Waals surface area (Å²) in [6.45, 7) is 0.689. The maximum atomic E-state index is 12.7. The Labute approximate surface area is 145 Å². The number of amides is 2. The van der Waals surface area contributed by atoms with Gasteiger partial charge in [0.2, 0.25) is 0 Å². The number of urea groups is 1. The topological polar surface area (TPSA) is 50.8 Å². The monoisotopic (exact) mass is 344 g/mol. The van der Waals surface area contributed by atoms with E-state index in [1.165, 1.54) is 0 Å². The molecule has 6 heteroatoms. The van der Waals surface area contributed by atoms with Crippen LogP contribution in [0, 0.1) is 0 Å². The summed E-state index contributed by atoms with van der Waals surface area (Å²) in [6.07, 6.45) is 0. The third kappa shape index (κ3) is 3.28. The molecule has 1 atom stereocenters. The number of nitrogens with one attached hydrogen (secondary N) is 1. The van der Waals surface area contributed by atoms with Crippen LogP contribution in [0.15, 0.2) is 48.5 Å². The van der Waals surface area contributed by atoms with E-state index >= 15 is 0 Å². The Balaban J connectivity index is 1.84. The van der Waals surface area contributed by atoms with Crippen LogP contribution in [-0.4, -0.2) is 37.4 Å². The number of carbonyl (C=O) groups is 1. The van der Waals surface area contributed by atoms with Crippen LogP contribution >= 0.6 is 11.8 Å². The minimum atomic E-state index is -0.110. The molecule has 1 unspecified atom stereocenters. The van der Waals surface area contributed by atoms with Crippen molar-refractivity contribution in [3.8, 4) is 11.5 Å². The third-order valence-corrected chi connectivity index (χ3v) is 5.12. The average Bonchev–Trinajstić information content (AvgIpc) is 3.11. The molecule has 1 aliphatic rings. The normalized spacial score (nSPS) is 16.8. The summed E-state index contributed by atoms with van der Waals surface area (Å²) in [5.41, 5.74) is 1.73. The Morgan fingerprint density at radius 2 is 1.92 bits per heavy atom. The highest BCUT2D eigenvalue weighted by atomic mass is 32.2. The summed E-state index contributed by atoms with van der Waals surface area (Å²) in [5, 5.41) is 2.85. The molecule has 126 valence electrons. The minimum Gasteiger partial charge on any atom is -0.493 e. The fourth-order valence-corrected chi connectivity index (χ4v) is 4.03. The van der Waals surface area contributed by atoms with Crippen molar-refractivity contribution >= 4 is 23.5 Å². The summed E-state index contributed by atoms with van der Waals surface area (Å²) >= 11 is 1.72. The number of hydrogen-bond acceptors (Lipinski definition) is 4. The minimum absolute atomic E-state index is 0.0984. The van der Waals surface area contributed by atoms with Crippen LogP contribution < -0.4 is 14.8 Å². The molecule has 0 spiro atoms. The quantitative estimate of drug-likeness (QED) is 0.911. The van der Waals surface area contributed by atoms with E-state index in [1.807, 2.05) is 53.4 Å². The number of carbonyl (C=O) groups excluding carboxylic acids is 1. The van der Waals surface area contributed by atoms with Gasteiger partial charge in [-0.1, -0.05) is 30.3 Å². The Morgan fingerprint density at radius 1 is 1.12 bits per heavy atom.